The zero-order valence-corrected chi connectivity index (χ0v) is 20.1. The van der Waals surface area contributed by atoms with Crippen LogP contribution < -0.4 is 10.6 Å². The Morgan fingerprint density at radius 3 is 2.03 bits per heavy atom. The molecule has 0 bridgehead atoms. The Morgan fingerprint density at radius 1 is 0.971 bits per heavy atom. The zero-order valence-electron chi connectivity index (χ0n) is 20.1. The Hall–Kier alpha value is -3.35. The van der Waals surface area contributed by atoms with Crippen LogP contribution >= 0.6 is 0 Å². The van der Waals surface area contributed by atoms with E-state index < -0.39 is 29.6 Å². The minimum atomic E-state index is -1.25. The first-order chi connectivity index (χ1) is 16.4. The molecule has 0 aromatic heterocycles. The monoisotopic (exact) mass is 466 g/mol. The molecule has 0 fully saturated rings. The summed E-state index contributed by atoms with van der Waals surface area (Å²) in [6.45, 7) is 5.67. The molecular formula is C27H34N2O5. The maximum absolute atomic E-state index is 13.1. The number of carboxylic acids is 1. The third-order valence-corrected chi connectivity index (χ3v) is 6.78. The number of alkyl carbamates (subject to hydrolysis) is 1. The van der Waals surface area contributed by atoms with Crippen LogP contribution in [0.3, 0.4) is 0 Å². The van der Waals surface area contributed by atoms with Crippen LogP contribution in [0.5, 0.6) is 0 Å². The average Bonchev–Trinajstić information content (AvgIpc) is 3.17. The van der Waals surface area contributed by atoms with E-state index in [1.165, 1.54) is 0 Å². The summed E-state index contributed by atoms with van der Waals surface area (Å²) in [7, 11) is 0. The molecule has 7 heteroatoms. The van der Waals surface area contributed by atoms with Gasteiger partial charge in [0.1, 0.15) is 18.2 Å². The van der Waals surface area contributed by atoms with Gasteiger partial charge < -0.3 is 20.5 Å². The van der Waals surface area contributed by atoms with Gasteiger partial charge in [0.25, 0.3) is 0 Å². The lowest BCUT2D eigenvalue weighted by atomic mass is 9.91. The van der Waals surface area contributed by atoms with Crippen LogP contribution in [0, 0.1) is 0 Å². The lowest BCUT2D eigenvalue weighted by molar-refractivity contribution is -0.143. The highest BCUT2D eigenvalue weighted by atomic mass is 16.5. The number of benzene rings is 2. The van der Waals surface area contributed by atoms with Crippen LogP contribution in [0.4, 0.5) is 4.79 Å². The highest BCUT2D eigenvalue weighted by Gasteiger charge is 2.39. The normalized spacial score (nSPS) is 13.5. The quantitative estimate of drug-likeness (QED) is 0.439. The van der Waals surface area contributed by atoms with Crippen molar-refractivity contribution in [2.45, 2.75) is 70.4 Å². The SMILES string of the molecule is CCCCC(NC(=O)C(CC)(CC)NC(=O)OCC1c2ccccc2-c2ccccc21)C(=O)O. The van der Waals surface area contributed by atoms with Crippen LogP contribution in [0.2, 0.25) is 0 Å². The Kier molecular flexibility index (Phi) is 8.31. The van der Waals surface area contributed by atoms with E-state index in [1.807, 2.05) is 43.3 Å². The fourth-order valence-corrected chi connectivity index (χ4v) is 4.60. The molecular weight excluding hydrogens is 432 g/mol. The van der Waals surface area contributed by atoms with Crippen molar-refractivity contribution in [2.24, 2.45) is 0 Å². The molecule has 0 spiro atoms. The maximum Gasteiger partial charge on any atom is 0.408 e. The van der Waals surface area contributed by atoms with Crippen LogP contribution in [-0.2, 0) is 14.3 Å². The molecule has 1 aliphatic carbocycles. The molecule has 3 rings (SSSR count). The number of carbonyl (C=O) groups is 3. The maximum atomic E-state index is 13.1. The van der Waals surface area contributed by atoms with Crippen molar-refractivity contribution in [2.75, 3.05) is 6.61 Å². The number of hydrogen-bond acceptors (Lipinski definition) is 4. The summed E-state index contributed by atoms with van der Waals surface area (Å²) >= 11 is 0. The Morgan fingerprint density at radius 2 is 1.53 bits per heavy atom. The van der Waals surface area contributed by atoms with E-state index in [1.54, 1.807) is 13.8 Å². The van der Waals surface area contributed by atoms with Crippen molar-refractivity contribution in [3.8, 4) is 11.1 Å². The fourth-order valence-electron chi connectivity index (χ4n) is 4.60. The number of nitrogens with one attached hydrogen (secondary N) is 2. The van der Waals surface area contributed by atoms with Gasteiger partial charge in [-0.2, -0.15) is 0 Å². The van der Waals surface area contributed by atoms with Gasteiger partial charge in [0.05, 0.1) is 0 Å². The molecule has 2 aromatic carbocycles. The van der Waals surface area contributed by atoms with Crippen molar-refractivity contribution in [1.82, 2.24) is 10.6 Å². The van der Waals surface area contributed by atoms with Gasteiger partial charge in [0, 0.05) is 5.92 Å². The van der Waals surface area contributed by atoms with Crippen molar-refractivity contribution >= 4 is 18.0 Å². The molecule has 0 heterocycles. The largest absolute Gasteiger partial charge is 0.480 e. The van der Waals surface area contributed by atoms with Crippen LogP contribution in [0.1, 0.15) is 69.9 Å². The summed E-state index contributed by atoms with van der Waals surface area (Å²) in [6.07, 6.45) is 1.76. The van der Waals surface area contributed by atoms with Crippen molar-refractivity contribution < 1.29 is 24.2 Å². The molecule has 34 heavy (non-hydrogen) atoms. The second-order valence-corrected chi connectivity index (χ2v) is 8.75. The third-order valence-electron chi connectivity index (χ3n) is 6.78. The van der Waals surface area contributed by atoms with E-state index in [0.717, 1.165) is 28.7 Å². The van der Waals surface area contributed by atoms with Gasteiger partial charge >= 0.3 is 12.1 Å². The van der Waals surface area contributed by atoms with Gasteiger partial charge in [-0.25, -0.2) is 9.59 Å². The van der Waals surface area contributed by atoms with Gasteiger partial charge in [-0.1, -0.05) is 82.1 Å². The van der Waals surface area contributed by atoms with E-state index >= 15 is 0 Å². The molecule has 0 aliphatic heterocycles. The highest BCUT2D eigenvalue weighted by Crippen LogP contribution is 2.44. The third kappa shape index (κ3) is 5.24. The number of hydrogen-bond donors (Lipinski definition) is 3. The van der Waals surface area contributed by atoms with Crippen molar-refractivity contribution in [3.05, 3.63) is 59.7 Å². The smallest absolute Gasteiger partial charge is 0.408 e. The molecule has 0 saturated carbocycles. The summed E-state index contributed by atoms with van der Waals surface area (Å²) in [4.78, 5) is 37.5. The molecule has 3 N–H and O–H groups in total. The number of amides is 2. The topological polar surface area (TPSA) is 105 Å². The molecule has 1 atom stereocenters. The van der Waals surface area contributed by atoms with Gasteiger partial charge in [0.2, 0.25) is 5.91 Å². The van der Waals surface area contributed by atoms with Gasteiger partial charge in [-0.3, -0.25) is 4.79 Å². The standard InChI is InChI=1S/C27H34N2O5/c1-4-7-16-23(24(30)31)28-25(32)27(5-2,6-3)29-26(33)34-17-22-20-14-10-8-12-18(20)19-13-9-11-15-21(19)22/h8-15,22-23H,4-7,16-17H2,1-3H3,(H,28,32)(H,29,33)(H,30,31). The van der Waals surface area contributed by atoms with Crippen LogP contribution in [-0.4, -0.2) is 41.3 Å². The summed E-state index contributed by atoms with van der Waals surface area (Å²) in [5.41, 5.74) is 3.23. The first kappa shape index (κ1) is 25.3. The van der Waals surface area contributed by atoms with Gasteiger partial charge in [-0.15, -0.1) is 0 Å². The minimum absolute atomic E-state index is 0.0879. The van der Waals surface area contributed by atoms with E-state index in [9.17, 15) is 19.5 Å². The molecule has 0 radical (unpaired) electrons. The van der Waals surface area contributed by atoms with Crippen molar-refractivity contribution in [3.63, 3.8) is 0 Å². The van der Waals surface area contributed by atoms with Crippen LogP contribution in [0.25, 0.3) is 11.1 Å². The number of ether oxygens (including phenoxy) is 1. The molecule has 182 valence electrons. The lowest BCUT2D eigenvalue weighted by Gasteiger charge is -2.32. The molecule has 2 amide bonds. The van der Waals surface area contributed by atoms with Gasteiger partial charge in [0.15, 0.2) is 0 Å². The number of fused-ring (bicyclic) bond motifs is 3. The average molecular weight is 467 g/mol. The number of carbonyl (C=O) groups excluding carboxylic acids is 2. The first-order valence-electron chi connectivity index (χ1n) is 12.0. The molecule has 7 nitrogen and oxygen atoms in total. The number of aliphatic carboxylic acids is 1. The molecule has 1 unspecified atom stereocenters. The Bertz CT molecular complexity index is 986. The molecule has 1 aliphatic rings. The van der Waals surface area contributed by atoms with E-state index in [0.29, 0.717) is 25.7 Å². The predicted octanol–water partition coefficient (Wildman–Crippen LogP) is 4.84. The highest BCUT2D eigenvalue weighted by molar-refractivity contribution is 5.92. The number of unbranched alkanes of at least 4 members (excludes halogenated alkanes) is 1. The Balaban J connectivity index is 1.69. The summed E-state index contributed by atoms with van der Waals surface area (Å²) < 4.78 is 5.62. The second-order valence-electron chi connectivity index (χ2n) is 8.75. The minimum Gasteiger partial charge on any atom is -0.480 e. The number of carboxylic acid groups (broad SMARTS) is 1. The van der Waals surface area contributed by atoms with E-state index in [2.05, 4.69) is 22.8 Å². The molecule has 0 saturated heterocycles. The first-order valence-corrected chi connectivity index (χ1v) is 12.0. The zero-order chi connectivity index (χ0) is 24.7. The summed E-state index contributed by atoms with van der Waals surface area (Å²) in [6, 6.07) is 15.1. The summed E-state index contributed by atoms with van der Waals surface area (Å²) in [5, 5.41) is 14.8. The van der Waals surface area contributed by atoms with Crippen LogP contribution in [0.15, 0.2) is 48.5 Å². The second kappa shape index (κ2) is 11.2. The predicted molar refractivity (Wildman–Crippen MR) is 131 cm³/mol. The molecule has 2 aromatic rings. The summed E-state index contributed by atoms with van der Waals surface area (Å²) in [5.74, 6) is -1.67. The fraction of sp³-hybridized carbons (Fsp3) is 0.444. The van der Waals surface area contributed by atoms with Crippen molar-refractivity contribution in [1.29, 1.82) is 0 Å². The number of rotatable bonds is 11. The van der Waals surface area contributed by atoms with E-state index in [4.69, 9.17) is 4.74 Å². The lowest BCUT2D eigenvalue weighted by Crippen LogP contribution is -2.60. The van der Waals surface area contributed by atoms with E-state index in [-0.39, 0.29) is 12.5 Å². The van der Waals surface area contributed by atoms with Gasteiger partial charge in [-0.05, 0) is 41.5 Å². The Labute approximate surface area is 200 Å².